The Kier molecular flexibility index (Phi) is 7.36. The van der Waals surface area contributed by atoms with Gasteiger partial charge in [-0.1, -0.05) is 0 Å². The van der Waals surface area contributed by atoms with Crippen molar-refractivity contribution in [1.29, 1.82) is 0 Å². The molecule has 1 N–H and O–H groups in total. The summed E-state index contributed by atoms with van der Waals surface area (Å²) in [6.07, 6.45) is 1.12. The molecule has 2 saturated heterocycles. The van der Waals surface area contributed by atoms with Gasteiger partial charge in [-0.2, -0.15) is 0 Å². The monoisotopic (exact) mass is 445 g/mol. The molecule has 32 heavy (non-hydrogen) atoms. The van der Waals surface area contributed by atoms with Crippen LogP contribution in [0.15, 0.2) is 17.1 Å². The molecule has 0 aliphatic carbocycles. The maximum atomic E-state index is 12.5. The largest absolute Gasteiger partial charge is 0.496 e. The van der Waals surface area contributed by atoms with Gasteiger partial charge in [-0.25, -0.2) is 0 Å². The van der Waals surface area contributed by atoms with Gasteiger partial charge in [0.1, 0.15) is 17.6 Å². The van der Waals surface area contributed by atoms with Gasteiger partial charge in [0.25, 0.3) is 0 Å². The third-order valence-electron chi connectivity index (χ3n) is 6.34. The summed E-state index contributed by atoms with van der Waals surface area (Å²) in [5, 5.41) is 3.47. The first kappa shape index (κ1) is 22.7. The minimum atomic E-state index is 0.199. The van der Waals surface area contributed by atoms with Crippen LogP contribution in [0.2, 0.25) is 0 Å². The number of carbonyl (C=O) groups excluding carboxylic acids is 1. The highest BCUT2D eigenvalue weighted by molar-refractivity contribution is 5.80. The van der Waals surface area contributed by atoms with E-state index in [9.17, 15) is 4.79 Å². The van der Waals surface area contributed by atoms with Gasteiger partial charge in [0.2, 0.25) is 5.91 Å². The van der Waals surface area contributed by atoms with Gasteiger partial charge in [0.15, 0.2) is 5.96 Å². The lowest BCUT2D eigenvalue weighted by Gasteiger charge is -2.37. The minimum Gasteiger partial charge on any atom is -0.496 e. The minimum absolute atomic E-state index is 0.199. The number of fused-ring (bicyclic) bond motifs is 1. The number of methoxy groups -OCH3 is 1. The first-order valence-electron chi connectivity index (χ1n) is 11.5. The molecule has 4 rings (SSSR count). The summed E-state index contributed by atoms with van der Waals surface area (Å²) in [5.41, 5.74) is 2.25. The zero-order valence-electron chi connectivity index (χ0n) is 19.4. The summed E-state index contributed by atoms with van der Waals surface area (Å²) < 4.78 is 16.9. The molecule has 0 aromatic heterocycles. The SMILES string of the molecule is CN=C(NCc1cc2c(cc1OC)CC(C)O2)N1CCN(CC(=O)N2CCOCC2)CC1. The lowest BCUT2D eigenvalue weighted by molar-refractivity contribution is -0.136. The fourth-order valence-electron chi connectivity index (χ4n) is 4.54. The first-order chi connectivity index (χ1) is 15.6. The van der Waals surface area contributed by atoms with Gasteiger partial charge in [0, 0.05) is 70.4 Å². The summed E-state index contributed by atoms with van der Waals surface area (Å²) in [6.45, 7) is 9.19. The Labute approximate surface area is 190 Å². The van der Waals surface area contributed by atoms with E-state index in [1.807, 2.05) is 4.90 Å². The van der Waals surface area contributed by atoms with E-state index in [1.165, 1.54) is 5.56 Å². The second-order valence-corrected chi connectivity index (χ2v) is 8.56. The third kappa shape index (κ3) is 5.27. The number of morpholine rings is 1. The number of hydrogen-bond donors (Lipinski definition) is 1. The molecule has 3 aliphatic heterocycles. The topological polar surface area (TPSA) is 78.9 Å². The van der Waals surface area contributed by atoms with Gasteiger partial charge in [0.05, 0.1) is 26.9 Å². The number of aliphatic imine (C=N–C) groups is 1. The van der Waals surface area contributed by atoms with Crippen LogP contribution in [0.25, 0.3) is 0 Å². The summed E-state index contributed by atoms with van der Waals surface area (Å²) >= 11 is 0. The molecule has 3 heterocycles. The molecule has 9 heteroatoms. The molecule has 0 bridgehead atoms. The standard InChI is InChI=1S/C23H35N5O4/c1-17-12-18-13-20(30-3)19(14-21(18)32-17)15-25-23(24-2)28-6-4-26(5-7-28)16-22(29)27-8-10-31-11-9-27/h13-14,17H,4-12,15-16H2,1-3H3,(H,24,25). The number of guanidine groups is 1. The molecule has 0 saturated carbocycles. The van der Waals surface area contributed by atoms with E-state index in [-0.39, 0.29) is 12.0 Å². The Morgan fingerprint density at radius 1 is 1.16 bits per heavy atom. The second kappa shape index (κ2) is 10.4. The Morgan fingerprint density at radius 2 is 1.91 bits per heavy atom. The number of benzene rings is 1. The number of piperazine rings is 1. The molecule has 0 radical (unpaired) electrons. The van der Waals surface area contributed by atoms with Crippen LogP contribution in [0, 0.1) is 0 Å². The zero-order chi connectivity index (χ0) is 22.5. The quantitative estimate of drug-likeness (QED) is 0.524. The van der Waals surface area contributed by atoms with Gasteiger partial charge in [-0.3, -0.25) is 14.7 Å². The van der Waals surface area contributed by atoms with E-state index >= 15 is 0 Å². The molecule has 0 spiro atoms. The van der Waals surface area contributed by atoms with Crippen LogP contribution in [0.5, 0.6) is 11.5 Å². The van der Waals surface area contributed by atoms with Crippen molar-refractivity contribution in [3.8, 4) is 11.5 Å². The Morgan fingerprint density at radius 3 is 2.59 bits per heavy atom. The molecule has 1 atom stereocenters. The lowest BCUT2D eigenvalue weighted by Crippen LogP contribution is -2.54. The van der Waals surface area contributed by atoms with Crippen molar-refractivity contribution in [3.63, 3.8) is 0 Å². The van der Waals surface area contributed by atoms with Crippen LogP contribution < -0.4 is 14.8 Å². The smallest absolute Gasteiger partial charge is 0.236 e. The van der Waals surface area contributed by atoms with Crippen molar-refractivity contribution < 1.29 is 19.0 Å². The highest BCUT2D eigenvalue weighted by Crippen LogP contribution is 2.34. The van der Waals surface area contributed by atoms with Gasteiger partial charge in [-0.05, 0) is 19.1 Å². The molecule has 1 aromatic carbocycles. The van der Waals surface area contributed by atoms with Crippen molar-refractivity contribution >= 4 is 11.9 Å². The number of nitrogens with one attached hydrogen (secondary N) is 1. The summed E-state index contributed by atoms with van der Waals surface area (Å²) in [7, 11) is 3.51. The maximum Gasteiger partial charge on any atom is 0.236 e. The zero-order valence-corrected chi connectivity index (χ0v) is 19.4. The predicted molar refractivity (Wildman–Crippen MR) is 122 cm³/mol. The van der Waals surface area contributed by atoms with Crippen LogP contribution >= 0.6 is 0 Å². The predicted octanol–water partition coefficient (Wildman–Crippen LogP) is 0.570. The second-order valence-electron chi connectivity index (χ2n) is 8.56. The summed E-state index contributed by atoms with van der Waals surface area (Å²) in [5.74, 6) is 2.88. The van der Waals surface area contributed by atoms with Gasteiger partial charge < -0.3 is 29.3 Å². The van der Waals surface area contributed by atoms with Crippen LogP contribution in [0.4, 0.5) is 0 Å². The van der Waals surface area contributed by atoms with Gasteiger partial charge in [-0.15, -0.1) is 0 Å². The Bertz CT molecular complexity index is 832. The molecule has 1 unspecified atom stereocenters. The molecule has 1 aromatic rings. The highest BCUT2D eigenvalue weighted by atomic mass is 16.5. The third-order valence-corrected chi connectivity index (χ3v) is 6.34. The number of carbonyl (C=O) groups is 1. The molecule has 2 fully saturated rings. The number of rotatable bonds is 5. The highest BCUT2D eigenvalue weighted by Gasteiger charge is 2.25. The van der Waals surface area contributed by atoms with E-state index in [1.54, 1.807) is 14.2 Å². The van der Waals surface area contributed by atoms with Crippen LogP contribution in [-0.4, -0.2) is 106 Å². The Hall–Kier alpha value is -2.52. The van der Waals surface area contributed by atoms with E-state index in [2.05, 4.69) is 39.2 Å². The summed E-state index contributed by atoms with van der Waals surface area (Å²) in [6, 6.07) is 4.16. The fourth-order valence-corrected chi connectivity index (χ4v) is 4.54. The van der Waals surface area contributed by atoms with E-state index in [4.69, 9.17) is 14.2 Å². The molecule has 3 aliphatic rings. The van der Waals surface area contributed by atoms with E-state index < -0.39 is 0 Å². The molecular formula is C23H35N5O4. The van der Waals surface area contributed by atoms with Crippen molar-refractivity contribution in [2.24, 2.45) is 4.99 Å². The lowest BCUT2D eigenvalue weighted by atomic mass is 10.1. The van der Waals surface area contributed by atoms with Crippen LogP contribution in [0.3, 0.4) is 0 Å². The van der Waals surface area contributed by atoms with Crippen molar-refractivity contribution in [2.45, 2.75) is 26.0 Å². The average molecular weight is 446 g/mol. The average Bonchev–Trinajstić information content (AvgIpc) is 3.19. The first-order valence-corrected chi connectivity index (χ1v) is 11.5. The number of hydrogen-bond acceptors (Lipinski definition) is 6. The maximum absolute atomic E-state index is 12.5. The molecule has 1 amide bonds. The van der Waals surface area contributed by atoms with E-state index in [0.717, 1.165) is 55.6 Å². The van der Waals surface area contributed by atoms with Gasteiger partial charge >= 0.3 is 0 Å². The summed E-state index contributed by atoms with van der Waals surface area (Å²) in [4.78, 5) is 23.4. The Balaban J connectivity index is 1.28. The molecule has 9 nitrogen and oxygen atoms in total. The van der Waals surface area contributed by atoms with E-state index in [0.29, 0.717) is 39.4 Å². The number of nitrogens with zero attached hydrogens (tertiary/aromatic N) is 4. The van der Waals surface area contributed by atoms with Crippen LogP contribution in [0.1, 0.15) is 18.1 Å². The van der Waals surface area contributed by atoms with Crippen molar-refractivity contribution in [3.05, 3.63) is 23.3 Å². The molecule has 176 valence electrons. The molecular weight excluding hydrogens is 410 g/mol. The number of ether oxygens (including phenoxy) is 3. The normalized spacial score (nSPS) is 21.8. The van der Waals surface area contributed by atoms with Crippen LogP contribution in [-0.2, 0) is 22.5 Å². The number of amides is 1. The van der Waals surface area contributed by atoms with Crippen molar-refractivity contribution in [1.82, 2.24) is 20.0 Å². The van der Waals surface area contributed by atoms with Crippen molar-refractivity contribution in [2.75, 3.05) is 73.2 Å². The fraction of sp³-hybridized carbons (Fsp3) is 0.652.